The van der Waals surface area contributed by atoms with Crippen LogP contribution in [0.5, 0.6) is 0 Å². The minimum atomic E-state index is -0.206. The van der Waals surface area contributed by atoms with Gasteiger partial charge in [0, 0.05) is 30.1 Å². The molecule has 7 heteroatoms. The first-order chi connectivity index (χ1) is 10.8. The van der Waals surface area contributed by atoms with Crippen molar-refractivity contribution in [1.82, 2.24) is 5.32 Å². The smallest absolute Gasteiger partial charge is 0.233 e. The van der Waals surface area contributed by atoms with Gasteiger partial charge in [-0.05, 0) is 43.5 Å². The fraction of sp³-hybridized carbons (Fsp3) is 0.529. The zero-order valence-corrected chi connectivity index (χ0v) is 16.3. The number of anilines is 1. The number of carbonyl (C=O) groups excluding carboxylic acids is 2. The molecule has 4 N–H and O–H groups in total. The molecule has 5 nitrogen and oxygen atoms in total. The number of amides is 2. The second-order valence-corrected chi connectivity index (χ2v) is 7.45. The lowest BCUT2D eigenvalue weighted by atomic mass is 10.0. The fourth-order valence-electron chi connectivity index (χ4n) is 2.18. The SMILES string of the molecule is CC(=O)Nc1ccc(SC(C)C(=O)NC(CN)CC(C)C)cc1.Cl. The molecule has 24 heavy (non-hydrogen) atoms. The maximum absolute atomic E-state index is 12.3. The Morgan fingerprint density at radius 1 is 1.17 bits per heavy atom. The number of thioether (sulfide) groups is 1. The van der Waals surface area contributed by atoms with Gasteiger partial charge in [0.2, 0.25) is 11.8 Å². The summed E-state index contributed by atoms with van der Waals surface area (Å²) < 4.78 is 0. The first-order valence-electron chi connectivity index (χ1n) is 7.86. The molecule has 136 valence electrons. The largest absolute Gasteiger partial charge is 0.351 e. The second-order valence-electron chi connectivity index (χ2n) is 6.04. The van der Waals surface area contributed by atoms with Crippen molar-refractivity contribution in [2.24, 2.45) is 11.7 Å². The molecule has 0 saturated heterocycles. The molecule has 1 rings (SSSR count). The van der Waals surface area contributed by atoms with Gasteiger partial charge in [0.1, 0.15) is 0 Å². The Morgan fingerprint density at radius 2 is 1.75 bits per heavy atom. The zero-order valence-electron chi connectivity index (χ0n) is 14.7. The molecule has 0 aliphatic carbocycles. The molecule has 0 aliphatic heterocycles. The minimum Gasteiger partial charge on any atom is -0.351 e. The van der Waals surface area contributed by atoms with E-state index >= 15 is 0 Å². The Balaban J connectivity index is 0.00000529. The number of nitrogens with two attached hydrogens (primary N) is 1. The number of nitrogens with one attached hydrogen (secondary N) is 2. The average molecular weight is 374 g/mol. The summed E-state index contributed by atoms with van der Waals surface area (Å²) in [6.07, 6.45) is 0.880. The van der Waals surface area contributed by atoms with Crippen LogP contribution in [0.15, 0.2) is 29.2 Å². The number of rotatable bonds is 8. The highest BCUT2D eigenvalue weighted by molar-refractivity contribution is 8.00. The number of benzene rings is 1. The van der Waals surface area contributed by atoms with Crippen LogP contribution >= 0.6 is 24.2 Å². The van der Waals surface area contributed by atoms with Crippen LogP contribution in [-0.4, -0.2) is 29.7 Å². The van der Waals surface area contributed by atoms with Crippen LogP contribution in [0.1, 0.15) is 34.1 Å². The third kappa shape index (κ3) is 8.57. The van der Waals surface area contributed by atoms with Gasteiger partial charge < -0.3 is 16.4 Å². The van der Waals surface area contributed by atoms with Crippen molar-refractivity contribution in [1.29, 1.82) is 0 Å². The molecule has 2 unspecified atom stereocenters. The quantitative estimate of drug-likeness (QED) is 0.611. The summed E-state index contributed by atoms with van der Waals surface area (Å²) in [5.41, 5.74) is 6.47. The summed E-state index contributed by atoms with van der Waals surface area (Å²) in [5, 5.41) is 5.53. The van der Waals surface area contributed by atoms with Crippen LogP contribution in [0.4, 0.5) is 5.69 Å². The Bertz CT molecular complexity index is 523. The summed E-state index contributed by atoms with van der Waals surface area (Å²) in [6, 6.07) is 7.47. The molecule has 0 radical (unpaired) electrons. The number of carbonyl (C=O) groups is 2. The van der Waals surface area contributed by atoms with Crippen LogP contribution in [0.3, 0.4) is 0 Å². The van der Waals surface area contributed by atoms with Gasteiger partial charge >= 0.3 is 0 Å². The molecule has 0 bridgehead atoms. The monoisotopic (exact) mass is 373 g/mol. The molecule has 0 aromatic heterocycles. The zero-order chi connectivity index (χ0) is 17.4. The van der Waals surface area contributed by atoms with Crippen LogP contribution < -0.4 is 16.4 Å². The first kappa shape index (κ1) is 22.8. The Labute approximate surface area is 154 Å². The molecular formula is C17H28ClN3O2S. The van der Waals surface area contributed by atoms with Gasteiger partial charge in [0.05, 0.1) is 5.25 Å². The summed E-state index contributed by atoms with van der Waals surface area (Å²) in [4.78, 5) is 24.2. The van der Waals surface area contributed by atoms with Crippen LogP contribution in [0.2, 0.25) is 0 Å². The van der Waals surface area contributed by atoms with E-state index in [9.17, 15) is 9.59 Å². The highest BCUT2D eigenvalue weighted by Crippen LogP contribution is 2.25. The summed E-state index contributed by atoms with van der Waals surface area (Å²) in [6.45, 7) is 8.03. The van der Waals surface area contributed by atoms with E-state index in [2.05, 4.69) is 24.5 Å². The Kier molecular flexibility index (Phi) is 10.8. The highest BCUT2D eigenvalue weighted by atomic mass is 35.5. The minimum absolute atomic E-state index is 0. The third-order valence-corrected chi connectivity index (χ3v) is 4.36. The predicted molar refractivity (Wildman–Crippen MR) is 104 cm³/mol. The maximum Gasteiger partial charge on any atom is 0.233 e. The van der Waals surface area contributed by atoms with Gasteiger partial charge in [-0.3, -0.25) is 9.59 Å². The molecule has 0 heterocycles. The van der Waals surface area contributed by atoms with E-state index in [-0.39, 0.29) is 35.5 Å². The molecule has 0 spiro atoms. The van der Waals surface area contributed by atoms with E-state index in [1.165, 1.54) is 18.7 Å². The number of hydrogen-bond donors (Lipinski definition) is 3. The van der Waals surface area contributed by atoms with Crippen molar-refractivity contribution in [2.45, 2.75) is 50.3 Å². The molecule has 0 aliphatic rings. The molecule has 0 fully saturated rings. The standard InChI is InChI=1S/C17H27N3O2S.ClH/c1-11(2)9-15(10-18)20-17(22)12(3)23-16-7-5-14(6-8-16)19-13(4)21;/h5-8,11-12,15H,9-10,18H2,1-4H3,(H,19,21)(H,20,22);1H. The molecular weight excluding hydrogens is 346 g/mol. The van der Waals surface area contributed by atoms with Crippen LogP contribution in [0.25, 0.3) is 0 Å². The molecule has 1 aromatic rings. The van der Waals surface area contributed by atoms with Crippen molar-refractivity contribution < 1.29 is 9.59 Å². The summed E-state index contributed by atoms with van der Waals surface area (Å²) >= 11 is 1.49. The second kappa shape index (κ2) is 11.3. The average Bonchev–Trinajstić information content (AvgIpc) is 2.47. The molecule has 2 atom stereocenters. The van der Waals surface area contributed by atoms with Gasteiger partial charge in [-0.2, -0.15) is 0 Å². The highest BCUT2D eigenvalue weighted by Gasteiger charge is 2.18. The Hall–Kier alpha value is -1.24. The normalized spacial score (nSPS) is 12.9. The van der Waals surface area contributed by atoms with E-state index in [4.69, 9.17) is 5.73 Å². The Morgan fingerprint density at radius 3 is 2.21 bits per heavy atom. The van der Waals surface area contributed by atoms with E-state index < -0.39 is 0 Å². The van der Waals surface area contributed by atoms with Crippen molar-refractivity contribution >= 4 is 41.7 Å². The lowest BCUT2D eigenvalue weighted by Gasteiger charge is -2.21. The maximum atomic E-state index is 12.3. The number of halogens is 1. The number of hydrogen-bond acceptors (Lipinski definition) is 4. The van der Waals surface area contributed by atoms with Gasteiger partial charge in [-0.15, -0.1) is 24.2 Å². The fourth-order valence-corrected chi connectivity index (χ4v) is 3.06. The van der Waals surface area contributed by atoms with Crippen LogP contribution in [0, 0.1) is 5.92 Å². The van der Waals surface area contributed by atoms with Crippen molar-refractivity contribution in [3.63, 3.8) is 0 Å². The molecule has 1 aromatic carbocycles. The summed E-state index contributed by atoms with van der Waals surface area (Å²) in [5.74, 6) is 0.390. The van der Waals surface area contributed by atoms with E-state index in [0.29, 0.717) is 12.5 Å². The third-order valence-electron chi connectivity index (χ3n) is 3.24. The van der Waals surface area contributed by atoms with E-state index in [1.54, 1.807) is 0 Å². The lowest BCUT2D eigenvalue weighted by Crippen LogP contribution is -2.44. The predicted octanol–water partition coefficient (Wildman–Crippen LogP) is 3.04. The molecule has 0 saturated carbocycles. The van der Waals surface area contributed by atoms with Gasteiger partial charge in [0.15, 0.2) is 0 Å². The van der Waals surface area contributed by atoms with Crippen molar-refractivity contribution in [3.8, 4) is 0 Å². The van der Waals surface area contributed by atoms with E-state index in [1.807, 2.05) is 31.2 Å². The molecule has 2 amide bonds. The van der Waals surface area contributed by atoms with Gasteiger partial charge in [-0.25, -0.2) is 0 Å². The van der Waals surface area contributed by atoms with Crippen molar-refractivity contribution in [3.05, 3.63) is 24.3 Å². The van der Waals surface area contributed by atoms with E-state index in [0.717, 1.165) is 17.0 Å². The summed E-state index contributed by atoms with van der Waals surface area (Å²) in [7, 11) is 0. The van der Waals surface area contributed by atoms with Crippen LogP contribution in [-0.2, 0) is 9.59 Å². The topological polar surface area (TPSA) is 84.2 Å². The first-order valence-corrected chi connectivity index (χ1v) is 8.74. The van der Waals surface area contributed by atoms with Gasteiger partial charge in [0.25, 0.3) is 0 Å². The van der Waals surface area contributed by atoms with Crippen molar-refractivity contribution in [2.75, 3.05) is 11.9 Å². The van der Waals surface area contributed by atoms with Gasteiger partial charge in [-0.1, -0.05) is 13.8 Å². The lowest BCUT2D eigenvalue weighted by molar-refractivity contribution is -0.121.